The number of aliphatic hydroxyl groups excluding tert-OH is 1. The molecule has 0 saturated carbocycles. The SMILES string of the molecule is CCC(CO)C(N)c1ccc2c(c1)CCC2. The van der Waals surface area contributed by atoms with Gasteiger partial charge in [0.25, 0.3) is 0 Å². The van der Waals surface area contributed by atoms with Gasteiger partial charge in [-0.15, -0.1) is 0 Å². The zero-order valence-electron chi connectivity index (χ0n) is 9.95. The van der Waals surface area contributed by atoms with Gasteiger partial charge in [-0.05, 0) is 42.4 Å². The van der Waals surface area contributed by atoms with Crippen LogP contribution in [0.1, 0.15) is 42.5 Å². The van der Waals surface area contributed by atoms with Gasteiger partial charge in [0, 0.05) is 18.6 Å². The van der Waals surface area contributed by atoms with Crippen molar-refractivity contribution >= 4 is 0 Å². The van der Waals surface area contributed by atoms with Gasteiger partial charge in [0.15, 0.2) is 0 Å². The number of aliphatic hydroxyl groups is 1. The second-order valence-corrected chi connectivity index (χ2v) is 4.76. The predicted molar refractivity (Wildman–Crippen MR) is 66.3 cm³/mol. The van der Waals surface area contributed by atoms with Crippen LogP contribution in [0.25, 0.3) is 0 Å². The van der Waals surface area contributed by atoms with E-state index in [0.29, 0.717) is 0 Å². The Morgan fingerprint density at radius 1 is 1.31 bits per heavy atom. The van der Waals surface area contributed by atoms with Crippen molar-refractivity contribution < 1.29 is 5.11 Å². The van der Waals surface area contributed by atoms with E-state index in [-0.39, 0.29) is 18.6 Å². The average Bonchev–Trinajstić information content (AvgIpc) is 2.77. The zero-order chi connectivity index (χ0) is 11.5. The van der Waals surface area contributed by atoms with Gasteiger partial charge in [0.2, 0.25) is 0 Å². The molecule has 1 aliphatic rings. The molecule has 2 unspecified atom stereocenters. The Morgan fingerprint density at radius 3 is 2.75 bits per heavy atom. The van der Waals surface area contributed by atoms with Crippen LogP contribution in [0.5, 0.6) is 0 Å². The first kappa shape index (κ1) is 11.6. The normalized spacial score (nSPS) is 18.2. The number of hydrogen-bond acceptors (Lipinski definition) is 2. The van der Waals surface area contributed by atoms with E-state index in [9.17, 15) is 5.11 Å². The highest BCUT2D eigenvalue weighted by Gasteiger charge is 2.19. The second kappa shape index (κ2) is 4.98. The van der Waals surface area contributed by atoms with Crippen molar-refractivity contribution in [1.82, 2.24) is 0 Å². The maximum atomic E-state index is 9.27. The van der Waals surface area contributed by atoms with Crippen molar-refractivity contribution in [3.63, 3.8) is 0 Å². The number of nitrogens with two attached hydrogens (primary N) is 1. The smallest absolute Gasteiger partial charge is 0.0477 e. The molecule has 0 heterocycles. The van der Waals surface area contributed by atoms with Gasteiger partial charge in [-0.1, -0.05) is 25.1 Å². The standard InChI is InChI=1S/C14H21NO/c1-2-10(9-16)14(15)13-7-6-11-4-3-5-12(11)8-13/h6-8,10,14,16H,2-5,9,15H2,1H3. The third kappa shape index (κ3) is 2.13. The molecule has 2 atom stereocenters. The van der Waals surface area contributed by atoms with E-state index < -0.39 is 0 Å². The Hall–Kier alpha value is -0.860. The fourth-order valence-corrected chi connectivity index (χ4v) is 2.57. The van der Waals surface area contributed by atoms with Crippen LogP contribution < -0.4 is 5.73 Å². The van der Waals surface area contributed by atoms with E-state index in [1.807, 2.05) is 0 Å². The van der Waals surface area contributed by atoms with Crippen LogP contribution in [0.15, 0.2) is 18.2 Å². The lowest BCUT2D eigenvalue weighted by Crippen LogP contribution is -2.23. The quantitative estimate of drug-likeness (QED) is 0.815. The van der Waals surface area contributed by atoms with Gasteiger partial charge < -0.3 is 10.8 Å². The van der Waals surface area contributed by atoms with E-state index in [1.54, 1.807) is 0 Å². The lowest BCUT2D eigenvalue weighted by Gasteiger charge is -2.21. The van der Waals surface area contributed by atoms with E-state index in [4.69, 9.17) is 5.73 Å². The average molecular weight is 219 g/mol. The molecule has 0 fully saturated rings. The van der Waals surface area contributed by atoms with Crippen LogP contribution in [-0.4, -0.2) is 11.7 Å². The molecule has 0 radical (unpaired) electrons. The summed E-state index contributed by atoms with van der Waals surface area (Å²) in [4.78, 5) is 0. The van der Waals surface area contributed by atoms with Crippen LogP contribution >= 0.6 is 0 Å². The predicted octanol–water partition coefficient (Wildman–Crippen LogP) is 2.19. The van der Waals surface area contributed by atoms with Gasteiger partial charge in [0.05, 0.1) is 0 Å². The minimum Gasteiger partial charge on any atom is -0.396 e. The number of fused-ring (bicyclic) bond motifs is 1. The van der Waals surface area contributed by atoms with E-state index >= 15 is 0 Å². The maximum Gasteiger partial charge on any atom is 0.0477 e. The molecule has 0 saturated heterocycles. The summed E-state index contributed by atoms with van der Waals surface area (Å²) in [6, 6.07) is 6.56. The molecule has 88 valence electrons. The molecule has 0 aliphatic heterocycles. The molecular formula is C14H21NO. The number of hydrogen-bond donors (Lipinski definition) is 2. The number of benzene rings is 1. The molecule has 0 bridgehead atoms. The third-order valence-corrected chi connectivity index (χ3v) is 3.77. The minimum absolute atomic E-state index is 0.0269. The number of aryl methyl sites for hydroxylation is 2. The fraction of sp³-hybridized carbons (Fsp3) is 0.571. The van der Waals surface area contributed by atoms with E-state index in [1.165, 1.54) is 36.0 Å². The maximum absolute atomic E-state index is 9.27. The van der Waals surface area contributed by atoms with Gasteiger partial charge in [0.1, 0.15) is 0 Å². The summed E-state index contributed by atoms with van der Waals surface area (Å²) >= 11 is 0. The zero-order valence-corrected chi connectivity index (χ0v) is 9.95. The number of rotatable bonds is 4. The van der Waals surface area contributed by atoms with Crippen LogP contribution in [0.4, 0.5) is 0 Å². The molecule has 0 amide bonds. The summed E-state index contributed by atoms with van der Waals surface area (Å²) in [5.74, 6) is 0.180. The van der Waals surface area contributed by atoms with Crippen molar-refractivity contribution in [2.75, 3.05) is 6.61 Å². The Labute approximate surface area is 97.5 Å². The van der Waals surface area contributed by atoms with Gasteiger partial charge in [-0.2, -0.15) is 0 Å². The molecule has 1 aromatic carbocycles. The molecule has 2 rings (SSSR count). The van der Waals surface area contributed by atoms with Crippen molar-refractivity contribution in [3.8, 4) is 0 Å². The summed E-state index contributed by atoms with van der Waals surface area (Å²) in [6.07, 6.45) is 4.59. The topological polar surface area (TPSA) is 46.2 Å². The Bertz CT molecular complexity index is 358. The van der Waals surface area contributed by atoms with Crippen LogP contribution in [0, 0.1) is 5.92 Å². The van der Waals surface area contributed by atoms with E-state index in [0.717, 1.165) is 6.42 Å². The molecule has 0 aromatic heterocycles. The molecule has 16 heavy (non-hydrogen) atoms. The molecule has 1 aromatic rings. The molecule has 2 heteroatoms. The first-order valence-corrected chi connectivity index (χ1v) is 6.24. The first-order valence-electron chi connectivity index (χ1n) is 6.24. The highest BCUT2D eigenvalue weighted by atomic mass is 16.3. The summed E-state index contributed by atoms with van der Waals surface area (Å²) in [5, 5.41) is 9.27. The van der Waals surface area contributed by atoms with Crippen LogP contribution in [0.3, 0.4) is 0 Å². The monoisotopic (exact) mass is 219 g/mol. The van der Waals surface area contributed by atoms with Crippen molar-refractivity contribution in [3.05, 3.63) is 34.9 Å². The van der Waals surface area contributed by atoms with Crippen molar-refractivity contribution in [2.45, 2.75) is 38.6 Å². The van der Waals surface area contributed by atoms with Gasteiger partial charge >= 0.3 is 0 Å². The third-order valence-electron chi connectivity index (χ3n) is 3.77. The van der Waals surface area contributed by atoms with Crippen LogP contribution in [-0.2, 0) is 12.8 Å². The van der Waals surface area contributed by atoms with Crippen molar-refractivity contribution in [2.24, 2.45) is 11.7 Å². The lowest BCUT2D eigenvalue weighted by molar-refractivity contribution is 0.200. The fourth-order valence-electron chi connectivity index (χ4n) is 2.57. The first-order chi connectivity index (χ1) is 7.76. The highest BCUT2D eigenvalue weighted by Crippen LogP contribution is 2.28. The van der Waals surface area contributed by atoms with Gasteiger partial charge in [-0.25, -0.2) is 0 Å². The summed E-state index contributed by atoms with van der Waals surface area (Å²) in [6.45, 7) is 2.25. The van der Waals surface area contributed by atoms with Crippen LogP contribution in [0.2, 0.25) is 0 Å². The van der Waals surface area contributed by atoms with E-state index in [2.05, 4.69) is 25.1 Å². The Kier molecular flexibility index (Phi) is 3.62. The summed E-state index contributed by atoms with van der Waals surface area (Å²) in [5.41, 5.74) is 10.3. The lowest BCUT2D eigenvalue weighted by atomic mass is 9.91. The largest absolute Gasteiger partial charge is 0.396 e. The Morgan fingerprint density at radius 2 is 2.06 bits per heavy atom. The molecular weight excluding hydrogens is 198 g/mol. The molecule has 0 spiro atoms. The molecule has 3 N–H and O–H groups in total. The summed E-state index contributed by atoms with van der Waals surface area (Å²) in [7, 11) is 0. The van der Waals surface area contributed by atoms with Gasteiger partial charge in [-0.3, -0.25) is 0 Å². The van der Waals surface area contributed by atoms with Crippen molar-refractivity contribution in [1.29, 1.82) is 0 Å². The second-order valence-electron chi connectivity index (χ2n) is 4.76. The highest BCUT2D eigenvalue weighted by molar-refractivity contribution is 5.36. The molecule has 1 aliphatic carbocycles. The minimum atomic E-state index is -0.0269. The molecule has 2 nitrogen and oxygen atoms in total. The Balaban J connectivity index is 2.20. The summed E-state index contributed by atoms with van der Waals surface area (Å²) < 4.78 is 0.